The number of carbonyl (C=O) groups is 1. The second kappa shape index (κ2) is 7.89. The first-order valence-corrected chi connectivity index (χ1v) is 10.2. The van der Waals surface area contributed by atoms with Gasteiger partial charge >= 0.3 is 0 Å². The predicted octanol–water partition coefficient (Wildman–Crippen LogP) is 1.89. The number of amides is 1. The molecule has 2 N–H and O–H groups in total. The van der Waals surface area contributed by atoms with E-state index in [-0.39, 0.29) is 30.3 Å². The van der Waals surface area contributed by atoms with Gasteiger partial charge in [-0.25, -0.2) is 0 Å². The van der Waals surface area contributed by atoms with Crippen molar-refractivity contribution in [3.8, 4) is 0 Å². The lowest BCUT2D eigenvalue weighted by molar-refractivity contribution is -0.00719. The maximum Gasteiger partial charge on any atom is 0.272 e. The topological polar surface area (TPSA) is 79.6 Å². The van der Waals surface area contributed by atoms with Crippen molar-refractivity contribution in [2.75, 3.05) is 19.7 Å². The zero-order valence-corrected chi connectivity index (χ0v) is 17.3. The lowest BCUT2D eigenvalue weighted by Crippen LogP contribution is -2.58. The molecule has 1 aromatic rings. The molecule has 0 radical (unpaired) electrons. The molecule has 0 aromatic carbocycles. The van der Waals surface area contributed by atoms with Gasteiger partial charge in [-0.15, -0.1) is 0 Å². The van der Waals surface area contributed by atoms with Crippen molar-refractivity contribution in [2.24, 2.45) is 0 Å². The van der Waals surface area contributed by atoms with Gasteiger partial charge in [-0.2, -0.15) is 5.10 Å². The summed E-state index contributed by atoms with van der Waals surface area (Å²) in [4.78, 5) is 15.3. The molecule has 7 heteroatoms. The van der Waals surface area contributed by atoms with Crippen molar-refractivity contribution in [1.29, 1.82) is 0 Å². The number of rotatable bonds is 5. The molecule has 1 fully saturated rings. The van der Waals surface area contributed by atoms with E-state index < -0.39 is 0 Å². The summed E-state index contributed by atoms with van der Waals surface area (Å²) in [6.45, 7) is 12.3. The van der Waals surface area contributed by atoms with Crippen LogP contribution in [-0.4, -0.2) is 63.1 Å². The highest BCUT2D eigenvalue weighted by Crippen LogP contribution is 2.33. The van der Waals surface area contributed by atoms with Gasteiger partial charge in [0.2, 0.25) is 0 Å². The van der Waals surface area contributed by atoms with Crippen LogP contribution in [0, 0.1) is 0 Å². The van der Waals surface area contributed by atoms with Gasteiger partial charge in [0, 0.05) is 43.2 Å². The Bertz CT molecular complexity index is 677. The van der Waals surface area contributed by atoms with Crippen molar-refractivity contribution in [3.63, 3.8) is 0 Å². The van der Waals surface area contributed by atoms with E-state index in [9.17, 15) is 9.90 Å². The normalized spacial score (nSPS) is 24.9. The molecule has 2 aliphatic heterocycles. The Kier molecular flexibility index (Phi) is 5.93. The zero-order chi connectivity index (χ0) is 19.8. The quantitative estimate of drug-likeness (QED) is 0.818. The van der Waals surface area contributed by atoms with Gasteiger partial charge < -0.3 is 20.1 Å². The van der Waals surface area contributed by atoms with Crippen LogP contribution < -0.4 is 5.32 Å². The molecule has 1 saturated heterocycles. The number of piperidine rings is 1. The zero-order valence-electron chi connectivity index (χ0n) is 17.3. The third-order valence-corrected chi connectivity index (χ3v) is 5.80. The number of aliphatic hydroxyl groups is 1. The Labute approximate surface area is 162 Å². The minimum absolute atomic E-state index is 0.0583. The summed E-state index contributed by atoms with van der Waals surface area (Å²) in [5, 5.41) is 18.1. The van der Waals surface area contributed by atoms with Crippen molar-refractivity contribution in [2.45, 2.75) is 84.2 Å². The van der Waals surface area contributed by atoms with E-state index in [1.165, 1.54) is 0 Å². The monoisotopic (exact) mass is 378 g/mol. The number of hydrogen-bond acceptors (Lipinski definition) is 5. The highest BCUT2D eigenvalue weighted by molar-refractivity contribution is 5.94. The lowest BCUT2D eigenvalue weighted by Gasteiger charge is -2.42. The first-order valence-electron chi connectivity index (χ1n) is 10.2. The highest BCUT2D eigenvalue weighted by Gasteiger charge is 2.38. The van der Waals surface area contributed by atoms with Crippen LogP contribution in [0.2, 0.25) is 0 Å². The maximum absolute atomic E-state index is 13.4. The number of aromatic nitrogens is 2. The molecular weight excluding hydrogens is 344 g/mol. The first-order chi connectivity index (χ1) is 12.8. The third-order valence-electron chi connectivity index (χ3n) is 5.80. The van der Waals surface area contributed by atoms with Crippen LogP contribution >= 0.6 is 0 Å². The Hall–Kier alpha value is -1.44. The molecule has 0 bridgehead atoms. The SMILES string of the molecule is CCn1nc2c(c1C(=O)N1CCC(CO)(NC(C)C)CC1)C[C@H](C)O[C@@H]2C. The average Bonchev–Trinajstić information content (AvgIpc) is 3.00. The van der Waals surface area contributed by atoms with Crippen molar-refractivity contribution in [3.05, 3.63) is 17.0 Å². The maximum atomic E-state index is 13.4. The molecule has 27 heavy (non-hydrogen) atoms. The molecule has 0 spiro atoms. The van der Waals surface area contributed by atoms with Crippen molar-refractivity contribution in [1.82, 2.24) is 20.0 Å². The van der Waals surface area contributed by atoms with Crippen molar-refractivity contribution < 1.29 is 14.6 Å². The largest absolute Gasteiger partial charge is 0.394 e. The number of carbonyl (C=O) groups excluding carboxylic acids is 1. The van der Waals surface area contributed by atoms with E-state index in [2.05, 4.69) is 24.3 Å². The number of nitrogens with one attached hydrogen (secondary N) is 1. The van der Waals surface area contributed by atoms with Gasteiger partial charge in [0.25, 0.3) is 5.91 Å². The number of hydrogen-bond donors (Lipinski definition) is 2. The molecule has 1 aromatic heterocycles. The summed E-state index contributed by atoms with van der Waals surface area (Å²) in [6, 6.07) is 0.302. The minimum Gasteiger partial charge on any atom is -0.394 e. The standard InChI is InChI=1S/C20H34N4O3/c1-6-24-18(16-11-14(4)27-15(5)17(16)22-24)19(26)23-9-7-20(12-25,8-10-23)21-13(2)3/h13-15,21,25H,6-12H2,1-5H3/t14-,15+/m0/s1. The van der Waals surface area contributed by atoms with Crippen LogP contribution in [0.4, 0.5) is 0 Å². The van der Waals surface area contributed by atoms with E-state index in [0.717, 1.165) is 36.2 Å². The summed E-state index contributed by atoms with van der Waals surface area (Å²) in [5.41, 5.74) is 2.39. The summed E-state index contributed by atoms with van der Waals surface area (Å²) in [6.07, 6.45) is 2.25. The number of fused-ring (bicyclic) bond motifs is 1. The second-order valence-corrected chi connectivity index (χ2v) is 8.35. The van der Waals surface area contributed by atoms with Gasteiger partial charge in [-0.05, 0) is 33.6 Å². The van der Waals surface area contributed by atoms with E-state index in [1.54, 1.807) is 0 Å². The fourth-order valence-electron chi connectivity index (χ4n) is 4.51. The first kappa shape index (κ1) is 20.3. The van der Waals surface area contributed by atoms with Gasteiger partial charge in [-0.1, -0.05) is 13.8 Å². The van der Waals surface area contributed by atoms with E-state index in [0.29, 0.717) is 25.7 Å². The van der Waals surface area contributed by atoms with E-state index >= 15 is 0 Å². The number of nitrogens with zero attached hydrogens (tertiary/aromatic N) is 3. The molecule has 0 aliphatic carbocycles. The molecule has 2 aliphatic rings. The molecule has 0 unspecified atom stereocenters. The summed E-state index contributed by atoms with van der Waals surface area (Å²) in [7, 11) is 0. The molecule has 152 valence electrons. The number of aliphatic hydroxyl groups excluding tert-OH is 1. The molecule has 3 heterocycles. The summed E-state index contributed by atoms with van der Waals surface area (Å²) in [5.74, 6) is 0.0583. The second-order valence-electron chi connectivity index (χ2n) is 8.35. The van der Waals surface area contributed by atoms with Gasteiger partial charge in [-0.3, -0.25) is 9.48 Å². The summed E-state index contributed by atoms with van der Waals surface area (Å²) >= 11 is 0. The highest BCUT2D eigenvalue weighted by atomic mass is 16.5. The molecule has 3 rings (SSSR count). The van der Waals surface area contributed by atoms with E-state index in [1.807, 2.05) is 30.4 Å². The molecule has 7 nitrogen and oxygen atoms in total. The molecule has 2 atom stereocenters. The molecule has 0 saturated carbocycles. The van der Waals surface area contributed by atoms with Crippen LogP contribution in [0.3, 0.4) is 0 Å². The third kappa shape index (κ3) is 3.91. The van der Waals surface area contributed by atoms with Crippen LogP contribution in [0.15, 0.2) is 0 Å². The Morgan fingerprint density at radius 3 is 2.59 bits per heavy atom. The fourth-order valence-corrected chi connectivity index (χ4v) is 4.51. The number of aryl methyl sites for hydroxylation is 1. The smallest absolute Gasteiger partial charge is 0.272 e. The Morgan fingerprint density at radius 2 is 2.04 bits per heavy atom. The predicted molar refractivity (Wildman–Crippen MR) is 104 cm³/mol. The summed E-state index contributed by atoms with van der Waals surface area (Å²) < 4.78 is 7.73. The Balaban J connectivity index is 1.81. The van der Waals surface area contributed by atoms with Gasteiger partial charge in [0.05, 0.1) is 24.5 Å². The van der Waals surface area contributed by atoms with Gasteiger partial charge in [0.1, 0.15) is 5.69 Å². The molecular formula is C20H34N4O3. The van der Waals surface area contributed by atoms with Crippen LogP contribution in [0.1, 0.15) is 75.3 Å². The van der Waals surface area contributed by atoms with Gasteiger partial charge in [0.15, 0.2) is 0 Å². The van der Waals surface area contributed by atoms with E-state index in [4.69, 9.17) is 4.74 Å². The van der Waals surface area contributed by atoms with Crippen LogP contribution in [-0.2, 0) is 17.7 Å². The minimum atomic E-state index is -0.285. The molecule has 1 amide bonds. The fraction of sp³-hybridized carbons (Fsp3) is 0.800. The van der Waals surface area contributed by atoms with Crippen LogP contribution in [0.5, 0.6) is 0 Å². The lowest BCUT2D eigenvalue weighted by atomic mass is 9.87. The number of ether oxygens (including phenoxy) is 1. The Morgan fingerprint density at radius 1 is 1.37 bits per heavy atom. The average molecular weight is 379 g/mol. The van der Waals surface area contributed by atoms with Crippen LogP contribution in [0.25, 0.3) is 0 Å². The van der Waals surface area contributed by atoms with Crippen molar-refractivity contribution >= 4 is 5.91 Å². The number of likely N-dealkylation sites (tertiary alicyclic amines) is 1.